The highest BCUT2D eigenvalue weighted by molar-refractivity contribution is 5.59. The molecule has 0 aromatic carbocycles. The number of pyridine rings is 2. The summed E-state index contributed by atoms with van der Waals surface area (Å²) in [6, 6.07) is 11.8. The van der Waals surface area contributed by atoms with Gasteiger partial charge in [0.05, 0.1) is 17.6 Å². The minimum Gasteiger partial charge on any atom is -0.298 e. The van der Waals surface area contributed by atoms with Crippen LogP contribution in [0.25, 0.3) is 17.0 Å². The van der Waals surface area contributed by atoms with Crippen molar-refractivity contribution in [2.24, 2.45) is 0 Å². The van der Waals surface area contributed by atoms with Crippen molar-refractivity contribution in [3.63, 3.8) is 0 Å². The molecule has 3 aromatic rings. The highest BCUT2D eigenvalue weighted by Crippen LogP contribution is 2.17. The average molecular weight is 195 g/mol. The van der Waals surface area contributed by atoms with Crippen molar-refractivity contribution in [2.45, 2.75) is 0 Å². The second-order valence-electron chi connectivity index (χ2n) is 3.29. The summed E-state index contributed by atoms with van der Waals surface area (Å²) in [5.74, 6) is 0. The zero-order chi connectivity index (χ0) is 10.1. The molecule has 3 aromatic heterocycles. The van der Waals surface area contributed by atoms with Crippen LogP contribution in [-0.4, -0.2) is 14.4 Å². The SMILES string of the molecule is c1ccc(-c2cnc3ccccn23)nc1. The van der Waals surface area contributed by atoms with Crippen molar-refractivity contribution in [2.75, 3.05) is 0 Å². The Balaban J connectivity index is 2.28. The second-order valence-corrected chi connectivity index (χ2v) is 3.29. The first-order valence-corrected chi connectivity index (χ1v) is 4.79. The Labute approximate surface area is 87.0 Å². The number of imidazole rings is 1. The molecule has 0 saturated heterocycles. The summed E-state index contributed by atoms with van der Waals surface area (Å²) < 4.78 is 2.03. The summed E-state index contributed by atoms with van der Waals surface area (Å²) in [5.41, 5.74) is 2.90. The summed E-state index contributed by atoms with van der Waals surface area (Å²) in [4.78, 5) is 8.63. The monoisotopic (exact) mass is 195 g/mol. The molecule has 0 radical (unpaired) electrons. The molecular formula is C12H9N3. The summed E-state index contributed by atoms with van der Waals surface area (Å²) >= 11 is 0. The Morgan fingerprint density at radius 1 is 0.933 bits per heavy atom. The van der Waals surface area contributed by atoms with Crippen molar-refractivity contribution in [3.05, 3.63) is 55.0 Å². The smallest absolute Gasteiger partial charge is 0.137 e. The number of fused-ring (bicyclic) bond motifs is 1. The highest BCUT2D eigenvalue weighted by Gasteiger charge is 2.04. The van der Waals surface area contributed by atoms with E-state index in [0.717, 1.165) is 17.0 Å². The maximum absolute atomic E-state index is 4.32. The predicted octanol–water partition coefficient (Wildman–Crippen LogP) is 2.40. The lowest BCUT2D eigenvalue weighted by molar-refractivity contribution is 1.17. The van der Waals surface area contributed by atoms with Crippen LogP contribution in [0.3, 0.4) is 0 Å². The molecule has 72 valence electrons. The normalized spacial score (nSPS) is 10.7. The van der Waals surface area contributed by atoms with Gasteiger partial charge in [0, 0.05) is 12.4 Å². The first kappa shape index (κ1) is 8.17. The zero-order valence-corrected chi connectivity index (χ0v) is 8.04. The van der Waals surface area contributed by atoms with Crippen LogP contribution in [0.15, 0.2) is 55.0 Å². The fourth-order valence-electron chi connectivity index (χ4n) is 1.64. The minimum absolute atomic E-state index is 0.941. The summed E-state index contributed by atoms with van der Waals surface area (Å²) in [5, 5.41) is 0. The number of nitrogens with zero attached hydrogens (tertiary/aromatic N) is 3. The minimum atomic E-state index is 0.941. The predicted molar refractivity (Wildman–Crippen MR) is 58.4 cm³/mol. The Morgan fingerprint density at radius 2 is 1.87 bits per heavy atom. The van der Waals surface area contributed by atoms with Crippen molar-refractivity contribution in [1.29, 1.82) is 0 Å². The van der Waals surface area contributed by atoms with Crippen molar-refractivity contribution in [1.82, 2.24) is 14.4 Å². The van der Waals surface area contributed by atoms with E-state index >= 15 is 0 Å². The van der Waals surface area contributed by atoms with Gasteiger partial charge < -0.3 is 0 Å². The number of hydrogen-bond acceptors (Lipinski definition) is 2. The first-order valence-electron chi connectivity index (χ1n) is 4.79. The molecule has 15 heavy (non-hydrogen) atoms. The van der Waals surface area contributed by atoms with E-state index in [2.05, 4.69) is 9.97 Å². The molecule has 0 saturated carbocycles. The Morgan fingerprint density at radius 3 is 2.73 bits per heavy atom. The van der Waals surface area contributed by atoms with E-state index in [1.807, 2.05) is 53.2 Å². The molecule has 0 amide bonds. The largest absolute Gasteiger partial charge is 0.298 e. The number of aromatic nitrogens is 3. The molecule has 0 aliphatic rings. The van der Waals surface area contributed by atoms with Crippen molar-refractivity contribution < 1.29 is 0 Å². The van der Waals surface area contributed by atoms with E-state index in [9.17, 15) is 0 Å². The van der Waals surface area contributed by atoms with Crippen LogP contribution in [0, 0.1) is 0 Å². The molecule has 0 spiro atoms. The Hall–Kier alpha value is -2.16. The van der Waals surface area contributed by atoms with Gasteiger partial charge in [0.2, 0.25) is 0 Å². The van der Waals surface area contributed by atoms with Crippen LogP contribution in [0.1, 0.15) is 0 Å². The standard InChI is InChI=1S/C12H9N3/c1-3-7-13-10(5-1)11-9-14-12-6-2-4-8-15(11)12/h1-9H. The molecule has 0 atom stereocenters. The lowest BCUT2D eigenvalue weighted by Gasteiger charge is -1.99. The highest BCUT2D eigenvalue weighted by atomic mass is 15.0. The topological polar surface area (TPSA) is 30.2 Å². The van der Waals surface area contributed by atoms with Gasteiger partial charge in [-0.2, -0.15) is 0 Å². The Kier molecular flexibility index (Phi) is 1.75. The van der Waals surface area contributed by atoms with Gasteiger partial charge in [0.1, 0.15) is 5.65 Å². The van der Waals surface area contributed by atoms with Crippen LogP contribution >= 0.6 is 0 Å². The fourth-order valence-corrected chi connectivity index (χ4v) is 1.64. The van der Waals surface area contributed by atoms with Gasteiger partial charge in [0.25, 0.3) is 0 Å². The van der Waals surface area contributed by atoms with Gasteiger partial charge in [-0.25, -0.2) is 4.98 Å². The molecular weight excluding hydrogens is 186 g/mol. The van der Waals surface area contributed by atoms with E-state index in [1.165, 1.54) is 0 Å². The third-order valence-electron chi connectivity index (χ3n) is 2.34. The molecule has 0 aliphatic carbocycles. The van der Waals surface area contributed by atoms with Gasteiger partial charge >= 0.3 is 0 Å². The lowest BCUT2D eigenvalue weighted by atomic mass is 10.3. The molecule has 3 nitrogen and oxygen atoms in total. The zero-order valence-electron chi connectivity index (χ0n) is 8.04. The van der Waals surface area contributed by atoms with Gasteiger partial charge in [-0.1, -0.05) is 12.1 Å². The number of hydrogen-bond donors (Lipinski definition) is 0. The quantitative estimate of drug-likeness (QED) is 0.596. The van der Waals surface area contributed by atoms with E-state index in [1.54, 1.807) is 6.20 Å². The van der Waals surface area contributed by atoms with Crippen LogP contribution in [0.4, 0.5) is 0 Å². The fraction of sp³-hybridized carbons (Fsp3) is 0. The molecule has 0 aliphatic heterocycles. The maximum Gasteiger partial charge on any atom is 0.137 e. The maximum atomic E-state index is 4.32. The molecule has 0 bridgehead atoms. The van der Waals surface area contributed by atoms with Gasteiger partial charge in [-0.3, -0.25) is 9.38 Å². The second kappa shape index (κ2) is 3.20. The molecule has 3 heterocycles. The molecule has 0 unspecified atom stereocenters. The third kappa shape index (κ3) is 1.29. The van der Waals surface area contributed by atoms with E-state index in [0.29, 0.717) is 0 Å². The third-order valence-corrected chi connectivity index (χ3v) is 2.34. The Bertz CT molecular complexity index is 584. The van der Waals surface area contributed by atoms with Crippen molar-refractivity contribution in [3.8, 4) is 11.4 Å². The molecule has 3 rings (SSSR count). The van der Waals surface area contributed by atoms with Crippen molar-refractivity contribution >= 4 is 5.65 Å². The summed E-state index contributed by atoms with van der Waals surface area (Å²) in [6.07, 6.45) is 5.63. The molecule has 3 heteroatoms. The van der Waals surface area contributed by atoms with Crippen LogP contribution < -0.4 is 0 Å². The van der Waals surface area contributed by atoms with E-state index in [4.69, 9.17) is 0 Å². The van der Waals surface area contributed by atoms with E-state index < -0.39 is 0 Å². The van der Waals surface area contributed by atoms with Crippen LogP contribution in [-0.2, 0) is 0 Å². The van der Waals surface area contributed by atoms with Gasteiger partial charge in [0.15, 0.2) is 0 Å². The van der Waals surface area contributed by atoms with Crippen LogP contribution in [0.5, 0.6) is 0 Å². The van der Waals surface area contributed by atoms with E-state index in [-0.39, 0.29) is 0 Å². The summed E-state index contributed by atoms with van der Waals surface area (Å²) in [7, 11) is 0. The number of rotatable bonds is 1. The van der Waals surface area contributed by atoms with Gasteiger partial charge in [-0.05, 0) is 24.3 Å². The molecule has 0 fully saturated rings. The molecule has 0 N–H and O–H groups in total. The average Bonchev–Trinajstić information content (AvgIpc) is 2.74. The lowest BCUT2D eigenvalue weighted by Crippen LogP contribution is -1.88. The first-order chi connectivity index (χ1) is 7.45. The summed E-state index contributed by atoms with van der Waals surface area (Å²) in [6.45, 7) is 0. The van der Waals surface area contributed by atoms with Crippen LogP contribution in [0.2, 0.25) is 0 Å². The van der Waals surface area contributed by atoms with Gasteiger partial charge in [-0.15, -0.1) is 0 Å².